The number of hydrogen-bond donors (Lipinski definition) is 0. The molecule has 0 saturated heterocycles. The average Bonchev–Trinajstić information content (AvgIpc) is 2.17. The van der Waals surface area contributed by atoms with Crippen molar-refractivity contribution >= 4 is 21.9 Å². The minimum absolute atomic E-state index is 0.0541. The molecule has 1 saturated carbocycles. The number of esters is 1. The van der Waals surface area contributed by atoms with Crippen LogP contribution in [0.4, 0.5) is 0 Å². The van der Waals surface area contributed by atoms with Gasteiger partial charge in [-0.25, -0.2) is 0 Å². The van der Waals surface area contributed by atoms with Crippen molar-refractivity contribution in [2.24, 2.45) is 17.8 Å². The van der Waals surface area contributed by atoms with Crippen LogP contribution in [0.1, 0.15) is 46.5 Å². The van der Waals surface area contributed by atoms with Crippen LogP contribution >= 0.6 is 15.9 Å². The molecule has 94 valence electrons. The zero-order valence-electron chi connectivity index (χ0n) is 10.5. The molecular weight excluding hydrogens is 268 g/mol. The molecule has 0 aromatic carbocycles. The predicted octanol–water partition coefficient (Wildman–Crippen LogP) is 3.78. The van der Waals surface area contributed by atoms with Crippen LogP contribution in [0.15, 0.2) is 0 Å². The summed E-state index contributed by atoms with van der Waals surface area (Å²) in [6, 6.07) is 0. The first-order valence-corrected chi connectivity index (χ1v) is 7.42. The summed E-state index contributed by atoms with van der Waals surface area (Å²) in [6.07, 6.45) is 4.14. The molecule has 0 aliphatic heterocycles. The summed E-state index contributed by atoms with van der Waals surface area (Å²) in [5.41, 5.74) is 0. The van der Waals surface area contributed by atoms with Crippen molar-refractivity contribution in [1.29, 1.82) is 0 Å². The zero-order valence-corrected chi connectivity index (χ0v) is 12.1. The van der Waals surface area contributed by atoms with Crippen LogP contribution in [0.2, 0.25) is 0 Å². The average molecular weight is 291 g/mol. The van der Waals surface area contributed by atoms with Gasteiger partial charge in [-0.3, -0.25) is 4.79 Å². The largest absolute Gasteiger partial charge is 0.462 e. The molecule has 0 amide bonds. The molecule has 0 bridgehead atoms. The smallest absolute Gasteiger partial charge is 0.306 e. The van der Waals surface area contributed by atoms with E-state index >= 15 is 0 Å². The van der Waals surface area contributed by atoms with Crippen molar-refractivity contribution in [2.75, 3.05) is 5.33 Å². The Bertz CT molecular complexity index is 228. The Balaban J connectivity index is 2.54. The molecule has 3 heteroatoms. The molecule has 0 heterocycles. The summed E-state index contributed by atoms with van der Waals surface area (Å²) in [7, 11) is 0. The van der Waals surface area contributed by atoms with E-state index in [4.69, 9.17) is 4.74 Å². The molecule has 1 rings (SSSR count). The second-order valence-corrected chi connectivity index (χ2v) is 6.09. The number of hydrogen-bond acceptors (Lipinski definition) is 2. The van der Waals surface area contributed by atoms with Crippen molar-refractivity contribution in [3.8, 4) is 0 Å². The topological polar surface area (TPSA) is 26.3 Å². The Hall–Kier alpha value is -0.0500. The van der Waals surface area contributed by atoms with E-state index in [1.54, 1.807) is 0 Å². The minimum Gasteiger partial charge on any atom is -0.462 e. The van der Waals surface area contributed by atoms with Crippen LogP contribution in [0.25, 0.3) is 0 Å². The molecule has 0 spiro atoms. The Morgan fingerprint density at radius 2 is 2.12 bits per heavy atom. The van der Waals surface area contributed by atoms with Crippen LogP contribution in [0.5, 0.6) is 0 Å². The van der Waals surface area contributed by atoms with Crippen molar-refractivity contribution in [2.45, 2.75) is 52.6 Å². The van der Waals surface area contributed by atoms with E-state index in [0.29, 0.717) is 29.5 Å². The summed E-state index contributed by atoms with van der Waals surface area (Å²) >= 11 is 3.27. The van der Waals surface area contributed by atoms with Gasteiger partial charge in [0, 0.05) is 5.33 Å². The summed E-state index contributed by atoms with van der Waals surface area (Å²) in [4.78, 5) is 11.5. The summed E-state index contributed by atoms with van der Waals surface area (Å²) in [5, 5.41) is 0.695. The lowest BCUT2D eigenvalue weighted by Crippen LogP contribution is -2.35. The summed E-state index contributed by atoms with van der Waals surface area (Å²) in [6.45, 7) is 6.71. The van der Waals surface area contributed by atoms with Gasteiger partial charge in [0.1, 0.15) is 6.10 Å². The van der Waals surface area contributed by atoms with E-state index in [9.17, 15) is 4.79 Å². The molecule has 3 atom stereocenters. The molecule has 1 fully saturated rings. The molecule has 0 radical (unpaired) electrons. The molecule has 2 nitrogen and oxygen atoms in total. The summed E-state index contributed by atoms with van der Waals surface area (Å²) in [5.74, 6) is 1.79. The first kappa shape index (κ1) is 14.0. The maximum atomic E-state index is 11.5. The van der Waals surface area contributed by atoms with Crippen LogP contribution in [0, 0.1) is 17.8 Å². The van der Waals surface area contributed by atoms with Crippen LogP contribution in [-0.4, -0.2) is 17.4 Å². The first-order chi connectivity index (χ1) is 7.54. The van der Waals surface area contributed by atoms with Gasteiger partial charge in [-0.2, -0.15) is 0 Å². The molecular formula is C13H23BrO2. The molecule has 0 unspecified atom stereocenters. The fourth-order valence-corrected chi connectivity index (χ4v) is 2.88. The maximum Gasteiger partial charge on any atom is 0.306 e. The van der Waals surface area contributed by atoms with Crippen molar-refractivity contribution in [1.82, 2.24) is 0 Å². The lowest BCUT2D eigenvalue weighted by Gasteiger charge is -2.36. The van der Waals surface area contributed by atoms with E-state index in [-0.39, 0.29) is 12.1 Å². The fraction of sp³-hybridized carbons (Fsp3) is 0.923. The third kappa shape index (κ3) is 4.08. The third-order valence-electron chi connectivity index (χ3n) is 3.54. The van der Waals surface area contributed by atoms with E-state index in [0.717, 1.165) is 6.42 Å². The van der Waals surface area contributed by atoms with Gasteiger partial charge in [-0.15, -0.1) is 0 Å². The molecule has 0 aromatic rings. The highest BCUT2D eigenvalue weighted by Gasteiger charge is 2.33. The predicted molar refractivity (Wildman–Crippen MR) is 69.6 cm³/mol. The second-order valence-electron chi connectivity index (χ2n) is 5.29. The third-order valence-corrected chi connectivity index (χ3v) is 3.94. The number of carbonyl (C=O) groups is 1. The number of alkyl halides is 1. The molecule has 0 N–H and O–H groups in total. The molecule has 0 aromatic heterocycles. The van der Waals surface area contributed by atoms with Crippen LogP contribution in [-0.2, 0) is 9.53 Å². The van der Waals surface area contributed by atoms with Gasteiger partial charge in [-0.05, 0) is 30.6 Å². The Kier molecular flexibility index (Phi) is 5.81. The highest BCUT2D eigenvalue weighted by atomic mass is 79.9. The van der Waals surface area contributed by atoms with E-state index < -0.39 is 0 Å². The quantitative estimate of drug-likeness (QED) is 0.582. The summed E-state index contributed by atoms with van der Waals surface area (Å²) < 4.78 is 5.61. The van der Waals surface area contributed by atoms with Gasteiger partial charge in [0.05, 0.1) is 6.42 Å². The zero-order chi connectivity index (χ0) is 12.1. The second kappa shape index (κ2) is 6.63. The lowest BCUT2D eigenvalue weighted by molar-refractivity contribution is -0.155. The van der Waals surface area contributed by atoms with Gasteiger partial charge in [0.25, 0.3) is 0 Å². The minimum atomic E-state index is -0.0541. The standard InChI is InChI=1S/C13H23BrO2/c1-9(2)11-5-4-10(3)8-12(11)16-13(15)6-7-14/h9-12H,4-8H2,1-3H3/t10-,11+,12-/m0/s1. The molecule has 1 aliphatic carbocycles. The lowest BCUT2D eigenvalue weighted by atomic mass is 9.75. The van der Waals surface area contributed by atoms with Gasteiger partial charge in [-0.1, -0.05) is 43.1 Å². The highest BCUT2D eigenvalue weighted by molar-refractivity contribution is 9.09. The van der Waals surface area contributed by atoms with E-state index in [1.807, 2.05) is 0 Å². The van der Waals surface area contributed by atoms with E-state index in [2.05, 4.69) is 36.7 Å². The van der Waals surface area contributed by atoms with Gasteiger partial charge >= 0.3 is 5.97 Å². The van der Waals surface area contributed by atoms with Gasteiger partial charge in [0.15, 0.2) is 0 Å². The number of rotatable bonds is 4. The van der Waals surface area contributed by atoms with E-state index in [1.165, 1.54) is 12.8 Å². The number of halogens is 1. The normalized spacial score (nSPS) is 30.4. The molecule has 1 aliphatic rings. The van der Waals surface area contributed by atoms with Gasteiger partial charge < -0.3 is 4.74 Å². The van der Waals surface area contributed by atoms with Crippen molar-refractivity contribution in [3.63, 3.8) is 0 Å². The number of ether oxygens (including phenoxy) is 1. The SMILES string of the molecule is CC(C)[C@H]1CC[C@H](C)C[C@@H]1OC(=O)CCBr. The first-order valence-electron chi connectivity index (χ1n) is 6.30. The number of carbonyl (C=O) groups excluding carboxylic acids is 1. The Morgan fingerprint density at radius 1 is 1.44 bits per heavy atom. The monoisotopic (exact) mass is 290 g/mol. The Morgan fingerprint density at radius 3 is 2.69 bits per heavy atom. The van der Waals surface area contributed by atoms with Crippen LogP contribution in [0.3, 0.4) is 0 Å². The maximum absolute atomic E-state index is 11.5. The van der Waals surface area contributed by atoms with Crippen LogP contribution < -0.4 is 0 Å². The van der Waals surface area contributed by atoms with Crippen molar-refractivity contribution < 1.29 is 9.53 Å². The highest BCUT2D eigenvalue weighted by Crippen LogP contribution is 2.35. The van der Waals surface area contributed by atoms with Gasteiger partial charge in [0.2, 0.25) is 0 Å². The fourth-order valence-electron chi connectivity index (χ4n) is 2.56. The Labute approximate surface area is 107 Å². The van der Waals surface area contributed by atoms with Crippen molar-refractivity contribution in [3.05, 3.63) is 0 Å². The molecule has 16 heavy (non-hydrogen) atoms.